The van der Waals surface area contributed by atoms with Crippen LogP contribution in [0, 0.1) is 0 Å². The fourth-order valence-electron chi connectivity index (χ4n) is 1.63. The highest BCUT2D eigenvalue weighted by Crippen LogP contribution is 2.26. The van der Waals surface area contributed by atoms with Gasteiger partial charge in [0.1, 0.15) is 5.82 Å². The van der Waals surface area contributed by atoms with Gasteiger partial charge in [-0.25, -0.2) is 13.8 Å². The van der Waals surface area contributed by atoms with Crippen molar-refractivity contribution in [3.8, 4) is 0 Å². The number of aromatic nitrogens is 2. The van der Waals surface area contributed by atoms with E-state index >= 15 is 0 Å². The van der Waals surface area contributed by atoms with Crippen LogP contribution in [0.1, 0.15) is 17.8 Å². The Hall–Kier alpha value is -2.11. The van der Waals surface area contributed by atoms with E-state index in [1.165, 1.54) is 12.1 Å². The van der Waals surface area contributed by atoms with Gasteiger partial charge in [-0.3, -0.25) is 0 Å². The molecule has 0 bridgehead atoms. The van der Waals surface area contributed by atoms with E-state index < -0.39 is 6.43 Å². The number of hydrogen-bond acceptors (Lipinski definition) is 3. The maximum atomic E-state index is 12.4. The van der Waals surface area contributed by atoms with E-state index in [4.69, 9.17) is 5.73 Å². The first-order valence-electron chi connectivity index (χ1n) is 5.56. The largest absolute Gasteiger partial charge is 0.397 e. The molecule has 0 aliphatic carbocycles. The molecule has 4 nitrogen and oxygen atoms in total. The fourth-order valence-corrected chi connectivity index (χ4v) is 1.63. The number of nitrogens with one attached hydrogen (secondary N) is 2. The van der Waals surface area contributed by atoms with Gasteiger partial charge in [-0.05, 0) is 12.1 Å². The highest BCUT2D eigenvalue weighted by atomic mass is 19.3. The number of nitrogens with two attached hydrogens (primary N) is 1. The zero-order valence-electron chi connectivity index (χ0n) is 9.66. The lowest BCUT2D eigenvalue weighted by molar-refractivity contribution is 0.151. The summed E-state index contributed by atoms with van der Waals surface area (Å²) in [4.78, 5) is 7.06. The molecule has 0 spiro atoms. The van der Waals surface area contributed by atoms with Crippen LogP contribution in [0.25, 0.3) is 0 Å². The highest BCUT2D eigenvalue weighted by molar-refractivity contribution is 5.67. The molecular formula is C12H14F2N4. The second-order valence-corrected chi connectivity index (χ2v) is 3.86. The Morgan fingerprint density at radius 2 is 2.22 bits per heavy atom. The Balaban J connectivity index is 1.93. The fraction of sp³-hybridized carbons (Fsp3) is 0.250. The number of H-pyrrole nitrogens is 1. The normalized spacial score (nSPS) is 10.8. The molecule has 0 atom stereocenters. The van der Waals surface area contributed by atoms with Gasteiger partial charge in [-0.2, -0.15) is 0 Å². The first kappa shape index (κ1) is 12.3. The molecule has 2 rings (SSSR count). The smallest absolute Gasteiger partial charge is 0.263 e. The monoisotopic (exact) mass is 252 g/mol. The SMILES string of the molecule is Nc1cc(C(F)F)ccc1NCCc1ncc[nH]1. The molecule has 6 heteroatoms. The summed E-state index contributed by atoms with van der Waals surface area (Å²) in [7, 11) is 0. The van der Waals surface area contributed by atoms with Gasteiger partial charge < -0.3 is 16.0 Å². The third-order valence-corrected chi connectivity index (χ3v) is 2.56. The van der Waals surface area contributed by atoms with Crippen LogP contribution in [0.2, 0.25) is 0 Å². The molecule has 0 saturated carbocycles. The number of hydrogen-bond donors (Lipinski definition) is 3. The van der Waals surface area contributed by atoms with E-state index in [1.807, 2.05) is 0 Å². The molecular weight excluding hydrogens is 238 g/mol. The van der Waals surface area contributed by atoms with Gasteiger partial charge in [0, 0.05) is 30.9 Å². The van der Waals surface area contributed by atoms with Crippen molar-refractivity contribution in [3.05, 3.63) is 42.0 Å². The van der Waals surface area contributed by atoms with Crippen LogP contribution in [-0.2, 0) is 6.42 Å². The van der Waals surface area contributed by atoms with Gasteiger partial charge in [-0.15, -0.1) is 0 Å². The van der Waals surface area contributed by atoms with Gasteiger partial charge in [0.25, 0.3) is 6.43 Å². The molecule has 0 fully saturated rings. The van der Waals surface area contributed by atoms with Crippen LogP contribution in [0.3, 0.4) is 0 Å². The van der Waals surface area contributed by atoms with Gasteiger partial charge >= 0.3 is 0 Å². The molecule has 96 valence electrons. The third kappa shape index (κ3) is 2.97. The topological polar surface area (TPSA) is 66.7 Å². The van der Waals surface area contributed by atoms with Crippen molar-refractivity contribution >= 4 is 11.4 Å². The predicted octanol–water partition coefficient (Wildman–Crippen LogP) is 2.58. The molecule has 1 aromatic heterocycles. The van der Waals surface area contributed by atoms with E-state index in [-0.39, 0.29) is 5.56 Å². The van der Waals surface area contributed by atoms with Crippen molar-refractivity contribution in [2.75, 3.05) is 17.6 Å². The summed E-state index contributed by atoms with van der Waals surface area (Å²) in [5, 5.41) is 3.09. The van der Waals surface area contributed by atoms with Crippen LogP contribution in [0.4, 0.5) is 20.2 Å². The van der Waals surface area contributed by atoms with Crippen LogP contribution >= 0.6 is 0 Å². The van der Waals surface area contributed by atoms with E-state index in [2.05, 4.69) is 15.3 Å². The summed E-state index contributed by atoms with van der Waals surface area (Å²) < 4.78 is 24.9. The first-order chi connectivity index (χ1) is 8.66. The Bertz CT molecular complexity index is 497. The lowest BCUT2D eigenvalue weighted by atomic mass is 10.2. The summed E-state index contributed by atoms with van der Waals surface area (Å²) in [6.45, 7) is 0.631. The summed E-state index contributed by atoms with van der Waals surface area (Å²) >= 11 is 0. The summed E-state index contributed by atoms with van der Waals surface area (Å²) in [5.41, 5.74) is 6.62. The Morgan fingerprint density at radius 1 is 1.39 bits per heavy atom. The number of halogens is 2. The number of alkyl halides is 2. The molecule has 0 aliphatic heterocycles. The third-order valence-electron chi connectivity index (χ3n) is 2.56. The molecule has 0 saturated heterocycles. The lowest BCUT2D eigenvalue weighted by Crippen LogP contribution is -2.08. The molecule has 0 unspecified atom stereocenters. The number of aromatic amines is 1. The Labute approximate surface area is 103 Å². The van der Waals surface area contributed by atoms with Crippen molar-refractivity contribution in [2.24, 2.45) is 0 Å². The predicted molar refractivity (Wildman–Crippen MR) is 66.6 cm³/mol. The minimum absolute atomic E-state index is 0.0657. The zero-order chi connectivity index (χ0) is 13.0. The second kappa shape index (κ2) is 5.48. The zero-order valence-corrected chi connectivity index (χ0v) is 9.66. The molecule has 18 heavy (non-hydrogen) atoms. The highest BCUT2D eigenvalue weighted by Gasteiger charge is 2.08. The van der Waals surface area contributed by atoms with E-state index in [9.17, 15) is 8.78 Å². The number of benzene rings is 1. The maximum absolute atomic E-state index is 12.4. The second-order valence-electron chi connectivity index (χ2n) is 3.86. The molecule has 1 heterocycles. The van der Waals surface area contributed by atoms with E-state index in [0.29, 0.717) is 24.3 Å². The van der Waals surface area contributed by atoms with Crippen LogP contribution in [0.5, 0.6) is 0 Å². The van der Waals surface area contributed by atoms with E-state index in [0.717, 1.165) is 5.82 Å². The van der Waals surface area contributed by atoms with Crippen LogP contribution < -0.4 is 11.1 Å². The number of anilines is 2. The van der Waals surface area contributed by atoms with Gasteiger partial charge in [0.2, 0.25) is 0 Å². The number of rotatable bonds is 5. The Morgan fingerprint density at radius 3 is 2.83 bits per heavy atom. The number of nitrogen functional groups attached to an aromatic ring is 1. The van der Waals surface area contributed by atoms with Gasteiger partial charge in [-0.1, -0.05) is 6.07 Å². The standard InChI is InChI=1S/C12H14F2N4/c13-12(14)8-1-2-10(9(15)7-8)16-4-3-11-17-5-6-18-11/h1-2,5-7,12,16H,3-4,15H2,(H,17,18). The summed E-state index contributed by atoms with van der Waals surface area (Å²) in [5.74, 6) is 0.866. The first-order valence-corrected chi connectivity index (χ1v) is 5.56. The van der Waals surface area contributed by atoms with Crippen molar-refractivity contribution in [3.63, 3.8) is 0 Å². The minimum atomic E-state index is -2.50. The average molecular weight is 252 g/mol. The Kier molecular flexibility index (Phi) is 3.76. The van der Waals surface area contributed by atoms with Gasteiger partial charge in [0.05, 0.1) is 11.4 Å². The number of imidazole rings is 1. The quantitative estimate of drug-likeness (QED) is 0.716. The summed E-state index contributed by atoms with van der Waals surface area (Å²) in [6, 6.07) is 4.23. The minimum Gasteiger partial charge on any atom is -0.397 e. The van der Waals surface area contributed by atoms with E-state index in [1.54, 1.807) is 18.5 Å². The van der Waals surface area contributed by atoms with Crippen molar-refractivity contribution in [1.82, 2.24) is 9.97 Å². The molecule has 0 aliphatic rings. The van der Waals surface area contributed by atoms with Crippen molar-refractivity contribution in [2.45, 2.75) is 12.8 Å². The molecule has 0 amide bonds. The number of nitrogens with zero attached hydrogens (tertiary/aromatic N) is 1. The molecule has 2 aromatic rings. The molecule has 0 radical (unpaired) electrons. The van der Waals surface area contributed by atoms with Crippen molar-refractivity contribution < 1.29 is 8.78 Å². The molecule has 1 aromatic carbocycles. The lowest BCUT2D eigenvalue weighted by Gasteiger charge is -2.10. The summed E-state index contributed by atoms with van der Waals surface area (Å²) in [6.07, 6.45) is 1.65. The van der Waals surface area contributed by atoms with Crippen molar-refractivity contribution in [1.29, 1.82) is 0 Å². The molecule has 4 N–H and O–H groups in total. The average Bonchev–Trinajstić information content (AvgIpc) is 2.84. The van der Waals surface area contributed by atoms with Crippen LogP contribution in [-0.4, -0.2) is 16.5 Å². The maximum Gasteiger partial charge on any atom is 0.263 e. The van der Waals surface area contributed by atoms with Gasteiger partial charge in [0.15, 0.2) is 0 Å². The van der Waals surface area contributed by atoms with Crippen LogP contribution in [0.15, 0.2) is 30.6 Å².